The summed E-state index contributed by atoms with van der Waals surface area (Å²) in [5, 5.41) is 14.3. The summed E-state index contributed by atoms with van der Waals surface area (Å²) in [5.74, 6) is 0.414. The number of ether oxygens (including phenoxy) is 1. The smallest absolute Gasteiger partial charge is 0.272 e. The molecule has 4 rings (SSSR count). The molecule has 1 heterocycles. The van der Waals surface area contributed by atoms with Crippen LogP contribution in [0.2, 0.25) is 0 Å². The molecule has 0 spiro atoms. The van der Waals surface area contributed by atoms with Crippen LogP contribution in [0.25, 0.3) is 16.6 Å². The van der Waals surface area contributed by atoms with Crippen LogP contribution < -0.4 is 15.6 Å². The van der Waals surface area contributed by atoms with E-state index in [2.05, 4.69) is 10.3 Å². The summed E-state index contributed by atoms with van der Waals surface area (Å²) < 4.78 is 6.93. The molecule has 9 nitrogen and oxygen atoms in total. The van der Waals surface area contributed by atoms with Crippen LogP contribution >= 0.6 is 0 Å². The third kappa shape index (κ3) is 4.03. The van der Waals surface area contributed by atoms with Crippen molar-refractivity contribution in [1.82, 2.24) is 9.55 Å². The van der Waals surface area contributed by atoms with Crippen molar-refractivity contribution >= 4 is 28.2 Å². The molecule has 0 aliphatic heterocycles. The summed E-state index contributed by atoms with van der Waals surface area (Å²) >= 11 is 0. The van der Waals surface area contributed by atoms with Crippen molar-refractivity contribution in [3.05, 3.63) is 98.1 Å². The Kier molecular flexibility index (Phi) is 5.61. The lowest BCUT2D eigenvalue weighted by molar-refractivity contribution is -0.385. The summed E-state index contributed by atoms with van der Waals surface area (Å²) in [7, 11) is 1.46. The molecular formula is C24H20N4O5. The Morgan fingerprint density at radius 3 is 2.55 bits per heavy atom. The van der Waals surface area contributed by atoms with E-state index >= 15 is 0 Å². The Bertz CT molecular complexity index is 1480. The quantitative estimate of drug-likeness (QED) is 0.365. The summed E-state index contributed by atoms with van der Waals surface area (Å²) in [6.45, 7) is 3.31. The first-order chi connectivity index (χ1) is 15.8. The van der Waals surface area contributed by atoms with Gasteiger partial charge in [0.25, 0.3) is 17.2 Å². The number of nitro benzene ring substituents is 1. The number of nitrogens with one attached hydrogen (secondary N) is 1. The lowest BCUT2D eigenvalue weighted by atomic mass is 10.1. The average Bonchev–Trinajstić information content (AvgIpc) is 2.79. The molecule has 4 aromatic rings. The monoisotopic (exact) mass is 444 g/mol. The van der Waals surface area contributed by atoms with Gasteiger partial charge in [-0.3, -0.25) is 24.3 Å². The van der Waals surface area contributed by atoms with E-state index in [4.69, 9.17) is 4.74 Å². The SMILES string of the molecule is COc1cc(-n2c(C)nc3ccccc3c2=O)ccc1NC(=O)c1ccc([N+](=O)[O-])c(C)c1. The highest BCUT2D eigenvalue weighted by Gasteiger charge is 2.17. The van der Waals surface area contributed by atoms with Gasteiger partial charge in [-0.05, 0) is 50.2 Å². The number of hydrogen-bond acceptors (Lipinski definition) is 6. The summed E-state index contributed by atoms with van der Waals surface area (Å²) in [4.78, 5) is 40.8. The number of rotatable bonds is 5. The molecule has 0 aliphatic carbocycles. The number of carbonyl (C=O) groups is 1. The van der Waals surface area contributed by atoms with E-state index in [1.165, 1.54) is 29.9 Å². The van der Waals surface area contributed by atoms with Crippen molar-refractivity contribution < 1.29 is 14.5 Å². The molecule has 0 saturated carbocycles. The van der Waals surface area contributed by atoms with Crippen LogP contribution in [0.3, 0.4) is 0 Å². The van der Waals surface area contributed by atoms with Crippen LogP contribution in [0.1, 0.15) is 21.7 Å². The van der Waals surface area contributed by atoms with E-state index in [0.717, 1.165) is 0 Å². The van der Waals surface area contributed by atoms with E-state index < -0.39 is 10.8 Å². The number of anilines is 1. The van der Waals surface area contributed by atoms with E-state index in [-0.39, 0.29) is 16.8 Å². The number of aryl methyl sites for hydroxylation is 2. The van der Waals surface area contributed by atoms with Crippen LogP contribution in [-0.4, -0.2) is 27.5 Å². The number of carbonyl (C=O) groups excluding carboxylic acids is 1. The third-order valence-corrected chi connectivity index (χ3v) is 5.29. The van der Waals surface area contributed by atoms with E-state index in [1.54, 1.807) is 50.2 Å². The van der Waals surface area contributed by atoms with Crippen molar-refractivity contribution in [2.45, 2.75) is 13.8 Å². The molecule has 0 radical (unpaired) electrons. The lowest BCUT2D eigenvalue weighted by Gasteiger charge is -2.15. The molecule has 0 unspecified atom stereocenters. The van der Waals surface area contributed by atoms with Crippen molar-refractivity contribution in [3.8, 4) is 11.4 Å². The Balaban J connectivity index is 1.69. The summed E-state index contributed by atoms with van der Waals surface area (Å²) in [6, 6.07) is 16.2. The van der Waals surface area contributed by atoms with Crippen molar-refractivity contribution in [3.63, 3.8) is 0 Å². The molecule has 0 atom stereocenters. The van der Waals surface area contributed by atoms with Gasteiger partial charge in [0, 0.05) is 23.3 Å². The molecule has 1 aromatic heterocycles. The maximum Gasteiger partial charge on any atom is 0.272 e. The van der Waals surface area contributed by atoms with Crippen molar-refractivity contribution in [2.24, 2.45) is 0 Å². The number of benzene rings is 3. The average molecular weight is 444 g/mol. The number of para-hydroxylation sites is 1. The summed E-state index contributed by atoms with van der Waals surface area (Å²) in [6.07, 6.45) is 0. The molecule has 3 aromatic carbocycles. The highest BCUT2D eigenvalue weighted by Crippen LogP contribution is 2.28. The number of hydrogen-bond donors (Lipinski definition) is 1. The molecule has 0 aliphatic rings. The summed E-state index contributed by atoms with van der Waals surface area (Å²) in [5.41, 5.74) is 1.93. The predicted molar refractivity (Wildman–Crippen MR) is 124 cm³/mol. The minimum atomic E-state index is -0.496. The lowest BCUT2D eigenvalue weighted by Crippen LogP contribution is -2.22. The number of aromatic nitrogens is 2. The van der Waals surface area contributed by atoms with Gasteiger partial charge in [0.15, 0.2) is 0 Å². The molecule has 1 N–H and O–H groups in total. The molecule has 1 amide bonds. The maximum absolute atomic E-state index is 13.1. The molecule has 33 heavy (non-hydrogen) atoms. The van der Waals surface area contributed by atoms with Gasteiger partial charge >= 0.3 is 0 Å². The standard InChI is InChI=1S/C24H20N4O5/c1-14-12-16(8-11-21(14)28(31)32)23(29)26-20-10-9-17(13-22(20)33-3)27-15(2)25-19-7-5-4-6-18(19)24(27)30/h4-13H,1-3H3,(H,26,29). The molecule has 0 fully saturated rings. The fraction of sp³-hybridized carbons (Fsp3) is 0.125. The first kappa shape index (κ1) is 21.7. The van der Waals surface area contributed by atoms with Gasteiger partial charge in [0.1, 0.15) is 11.6 Å². The number of nitro groups is 1. The third-order valence-electron chi connectivity index (χ3n) is 5.29. The molecule has 9 heteroatoms. The van der Waals surface area contributed by atoms with Crippen molar-refractivity contribution in [2.75, 3.05) is 12.4 Å². The molecular weight excluding hydrogens is 424 g/mol. The van der Waals surface area contributed by atoms with Crippen molar-refractivity contribution in [1.29, 1.82) is 0 Å². The second-order valence-corrected chi connectivity index (χ2v) is 7.41. The first-order valence-electron chi connectivity index (χ1n) is 10.0. The number of nitrogens with zero attached hydrogens (tertiary/aromatic N) is 3. The topological polar surface area (TPSA) is 116 Å². The van der Waals surface area contributed by atoms with Crippen LogP contribution in [0.15, 0.2) is 65.5 Å². The highest BCUT2D eigenvalue weighted by molar-refractivity contribution is 6.05. The van der Waals surface area contributed by atoms with Gasteiger partial charge < -0.3 is 10.1 Å². The van der Waals surface area contributed by atoms with Gasteiger partial charge in [-0.1, -0.05) is 12.1 Å². The minimum absolute atomic E-state index is 0.0571. The van der Waals surface area contributed by atoms with Crippen LogP contribution in [-0.2, 0) is 0 Å². The Hall–Kier alpha value is -4.53. The zero-order valence-corrected chi connectivity index (χ0v) is 18.2. The van der Waals surface area contributed by atoms with Gasteiger partial charge in [-0.15, -0.1) is 0 Å². The molecule has 166 valence electrons. The zero-order valence-electron chi connectivity index (χ0n) is 18.2. The zero-order chi connectivity index (χ0) is 23.7. The highest BCUT2D eigenvalue weighted by atomic mass is 16.6. The minimum Gasteiger partial charge on any atom is -0.494 e. The normalized spacial score (nSPS) is 10.8. The van der Waals surface area contributed by atoms with E-state index in [9.17, 15) is 19.7 Å². The fourth-order valence-electron chi connectivity index (χ4n) is 3.67. The largest absolute Gasteiger partial charge is 0.494 e. The first-order valence-corrected chi connectivity index (χ1v) is 10.0. The maximum atomic E-state index is 13.1. The second kappa shape index (κ2) is 8.54. The van der Waals surface area contributed by atoms with E-state index in [0.29, 0.717) is 39.4 Å². The number of methoxy groups -OCH3 is 1. The second-order valence-electron chi connectivity index (χ2n) is 7.41. The van der Waals surface area contributed by atoms with Gasteiger partial charge in [-0.25, -0.2) is 4.98 Å². The number of amides is 1. The van der Waals surface area contributed by atoms with Crippen LogP contribution in [0.5, 0.6) is 5.75 Å². The fourth-order valence-corrected chi connectivity index (χ4v) is 3.67. The van der Waals surface area contributed by atoms with Gasteiger partial charge in [-0.2, -0.15) is 0 Å². The van der Waals surface area contributed by atoms with E-state index in [1.807, 2.05) is 6.07 Å². The van der Waals surface area contributed by atoms with Crippen LogP contribution in [0, 0.1) is 24.0 Å². The van der Waals surface area contributed by atoms with Crippen LogP contribution in [0.4, 0.5) is 11.4 Å². The predicted octanol–water partition coefficient (Wildman–Crippen LogP) is 4.17. The molecule has 0 bridgehead atoms. The Morgan fingerprint density at radius 1 is 1.09 bits per heavy atom. The van der Waals surface area contributed by atoms with Gasteiger partial charge in [0.05, 0.1) is 34.3 Å². The number of fused-ring (bicyclic) bond motifs is 1. The molecule has 0 saturated heterocycles. The Morgan fingerprint density at radius 2 is 1.85 bits per heavy atom. The van der Waals surface area contributed by atoms with Gasteiger partial charge in [0.2, 0.25) is 0 Å². The Labute approximate surface area is 188 Å².